The molecule has 0 spiro atoms. The van der Waals surface area contributed by atoms with Crippen LogP contribution in [0.3, 0.4) is 0 Å². The van der Waals surface area contributed by atoms with Crippen molar-refractivity contribution >= 4 is 28.8 Å². The molecule has 0 atom stereocenters. The van der Waals surface area contributed by atoms with E-state index in [4.69, 9.17) is 23.2 Å². The van der Waals surface area contributed by atoms with Crippen molar-refractivity contribution in [2.75, 3.05) is 0 Å². The van der Waals surface area contributed by atoms with Gasteiger partial charge in [-0.3, -0.25) is 0 Å². The van der Waals surface area contributed by atoms with E-state index in [-0.39, 0.29) is 12.4 Å². The Balaban J connectivity index is 1.72. The van der Waals surface area contributed by atoms with Crippen LogP contribution >= 0.6 is 23.2 Å². The van der Waals surface area contributed by atoms with Crippen LogP contribution in [0.2, 0.25) is 10.0 Å². The standard InChI is InChI=1S/C25H17Cl2FN4O/c1-15-2-3-16(12-22(15)28)14-31-25(33)32-24(30-31)23(18-6-10-20(27)11-7-18)21(13-29-32)17-4-8-19(26)9-5-17/h2-13H,14H2,1H3. The van der Waals surface area contributed by atoms with Crippen LogP contribution in [0.1, 0.15) is 11.1 Å². The van der Waals surface area contributed by atoms with Crippen LogP contribution < -0.4 is 5.69 Å². The Morgan fingerprint density at radius 1 is 0.909 bits per heavy atom. The van der Waals surface area contributed by atoms with Crippen LogP contribution in [-0.4, -0.2) is 19.4 Å². The molecule has 0 aliphatic carbocycles. The molecular weight excluding hydrogens is 462 g/mol. The molecule has 0 amide bonds. The molecule has 3 aromatic carbocycles. The van der Waals surface area contributed by atoms with Crippen molar-refractivity contribution in [1.82, 2.24) is 19.4 Å². The van der Waals surface area contributed by atoms with Gasteiger partial charge >= 0.3 is 5.69 Å². The van der Waals surface area contributed by atoms with Gasteiger partial charge in [0.25, 0.3) is 0 Å². The lowest BCUT2D eigenvalue weighted by molar-refractivity contribution is 0.606. The second-order valence-electron chi connectivity index (χ2n) is 7.71. The van der Waals surface area contributed by atoms with Crippen molar-refractivity contribution in [3.05, 3.63) is 110 Å². The summed E-state index contributed by atoms with van der Waals surface area (Å²) in [6, 6.07) is 19.5. The number of aryl methyl sites for hydroxylation is 1. The minimum Gasteiger partial charge on any atom is -0.244 e. The number of aromatic nitrogens is 4. The highest BCUT2D eigenvalue weighted by molar-refractivity contribution is 6.31. The molecule has 8 heteroatoms. The monoisotopic (exact) mass is 478 g/mol. The summed E-state index contributed by atoms with van der Waals surface area (Å²) in [5.74, 6) is -0.325. The molecule has 0 fully saturated rings. The van der Waals surface area contributed by atoms with E-state index in [0.29, 0.717) is 26.8 Å². The van der Waals surface area contributed by atoms with Crippen molar-refractivity contribution in [2.24, 2.45) is 0 Å². The number of halogens is 3. The van der Waals surface area contributed by atoms with E-state index in [1.807, 2.05) is 24.3 Å². The number of benzene rings is 3. The quantitative estimate of drug-likeness (QED) is 0.317. The molecule has 0 N–H and O–H groups in total. The molecule has 0 radical (unpaired) electrons. The van der Waals surface area contributed by atoms with E-state index in [2.05, 4.69) is 10.2 Å². The predicted molar refractivity (Wildman–Crippen MR) is 128 cm³/mol. The second-order valence-corrected chi connectivity index (χ2v) is 8.58. The van der Waals surface area contributed by atoms with Gasteiger partial charge in [-0.2, -0.15) is 9.61 Å². The number of hydrogen-bond acceptors (Lipinski definition) is 3. The van der Waals surface area contributed by atoms with Crippen molar-refractivity contribution in [3.63, 3.8) is 0 Å². The molecule has 0 saturated heterocycles. The molecule has 5 nitrogen and oxygen atoms in total. The largest absolute Gasteiger partial charge is 0.367 e. The number of hydrogen-bond donors (Lipinski definition) is 0. The average molecular weight is 479 g/mol. The minimum atomic E-state index is -0.413. The maximum atomic E-state index is 14.0. The molecule has 0 aliphatic rings. The van der Waals surface area contributed by atoms with E-state index in [1.54, 1.807) is 49.5 Å². The summed E-state index contributed by atoms with van der Waals surface area (Å²) in [4.78, 5) is 13.1. The van der Waals surface area contributed by atoms with Crippen LogP contribution in [0.5, 0.6) is 0 Å². The summed E-state index contributed by atoms with van der Waals surface area (Å²) in [5.41, 5.74) is 4.38. The number of rotatable bonds is 4. The molecule has 0 bridgehead atoms. The molecule has 0 unspecified atom stereocenters. The van der Waals surface area contributed by atoms with Crippen LogP contribution in [0.4, 0.5) is 4.39 Å². The normalized spacial score (nSPS) is 11.3. The van der Waals surface area contributed by atoms with Gasteiger partial charge in [0.2, 0.25) is 0 Å². The molecule has 2 aromatic heterocycles. The predicted octanol–water partition coefficient (Wildman–Crippen LogP) is 6.03. The summed E-state index contributed by atoms with van der Waals surface area (Å²) in [6.07, 6.45) is 1.64. The van der Waals surface area contributed by atoms with Gasteiger partial charge < -0.3 is 0 Å². The Bertz CT molecular complexity index is 1540. The molecule has 5 rings (SSSR count). The van der Waals surface area contributed by atoms with Crippen molar-refractivity contribution < 1.29 is 4.39 Å². The van der Waals surface area contributed by atoms with Crippen LogP contribution in [0, 0.1) is 12.7 Å². The maximum absolute atomic E-state index is 14.0. The van der Waals surface area contributed by atoms with E-state index in [0.717, 1.165) is 22.3 Å². The van der Waals surface area contributed by atoms with Crippen molar-refractivity contribution in [2.45, 2.75) is 13.5 Å². The Kier molecular flexibility index (Phi) is 5.48. The van der Waals surface area contributed by atoms with E-state index in [9.17, 15) is 9.18 Å². The molecule has 0 saturated carbocycles. The Morgan fingerprint density at radius 3 is 2.18 bits per heavy atom. The van der Waals surface area contributed by atoms with Gasteiger partial charge in [-0.15, -0.1) is 5.10 Å². The van der Waals surface area contributed by atoms with Crippen molar-refractivity contribution in [1.29, 1.82) is 0 Å². The first-order valence-electron chi connectivity index (χ1n) is 10.2. The van der Waals surface area contributed by atoms with Crippen LogP contribution in [-0.2, 0) is 6.54 Å². The average Bonchev–Trinajstić information content (AvgIpc) is 3.12. The Labute approximate surface area is 198 Å². The lowest BCUT2D eigenvalue weighted by atomic mass is 9.97. The van der Waals surface area contributed by atoms with Gasteiger partial charge in [0.1, 0.15) is 5.82 Å². The minimum absolute atomic E-state index is 0.121. The fraction of sp³-hybridized carbons (Fsp3) is 0.0800. The summed E-state index contributed by atoms with van der Waals surface area (Å²) in [7, 11) is 0. The molecule has 0 aliphatic heterocycles. The first-order chi connectivity index (χ1) is 15.9. The lowest BCUT2D eigenvalue weighted by Crippen LogP contribution is -2.23. The molecule has 5 aromatic rings. The molecular formula is C25H17Cl2FN4O. The fourth-order valence-corrected chi connectivity index (χ4v) is 3.97. The van der Waals surface area contributed by atoms with Gasteiger partial charge in [-0.25, -0.2) is 13.9 Å². The van der Waals surface area contributed by atoms with Gasteiger partial charge in [0.05, 0.1) is 12.7 Å². The third-order valence-electron chi connectivity index (χ3n) is 5.47. The second kappa shape index (κ2) is 8.46. The molecule has 33 heavy (non-hydrogen) atoms. The zero-order valence-corrected chi connectivity index (χ0v) is 19.0. The maximum Gasteiger partial charge on any atom is 0.367 e. The topological polar surface area (TPSA) is 52.2 Å². The van der Waals surface area contributed by atoms with Gasteiger partial charge in [-0.05, 0) is 59.5 Å². The van der Waals surface area contributed by atoms with Gasteiger partial charge in [0.15, 0.2) is 5.65 Å². The first-order valence-corrected chi connectivity index (χ1v) is 10.9. The smallest absolute Gasteiger partial charge is 0.244 e. The Morgan fingerprint density at radius 2 is 1.55 bits per heavy atom. The third kappa shape index (κ3) is 4.03. The SMILES string of the molecule is Cc1ccc(Cn2nc3c(-c4ccc(Cl)cc4)c(-c4ccc(Cl)cc4)cnn3c2=O)cc1F. The summed E-state index contributed by atoms with van der Waals surface area (Å²) >= 11 is 12.2. The summed E-state index contributed by atoms with van der Waals surface area (Å²) in [6.45, 7) is 1.81. The number of fused-ring (bicyclic) bond motifs is 1. The van der Waals surface area contributed by atoms with E-state index < -0.39 is 5.69 Å². The lowest BCUT2D eigenvalue weighted by Gasteiger charge is -2.11. The van der Waals surface area contributed by atoms with Crippen LogP contribution in [0.25, 0.3) is 27.9 Å². The highest BCUT2D eigenvalue weighted by atomic mass is 35.5. The van der Waals surface area contributed by atoms with Crippen molar-refractivity contribution in [3.8, 4) is 22.3 Å². The summed E-state index contributed by atoms with van der Waals surface area (Å²) in [5, 5.41) is 10.2. The summed E-state index contributed by atoms with van der Waals surface area (Å²) < 4.78 is 16.6. The number of nitrogens with zero attached hydrogens (tertiary/aromatic N) is 4. The van der Waals surface area contributed by atoms with Gasteiger partial charge in [-0.1, -0.05) is 59.6 Å². The fourth-order valence-electron chi connectivity index (χ4n) is 3.72. The van der Waals surface area contributed by atoms with E-state index in [1.165, 1.54) is 15.3 Å². The van der Waals surface area contributed by atoms with E-state index >= 15 is 0 Å². The molecule has 164 valence electrons. The van der Waals surface area contributed by atoms with Crippen LogP contribution in [0.15, 0.2) is 77.7 Å². The zero-order chi connectivity index (χ0) is 23.1. The van der Waals surface area contributed by atoms with Gasteiger partial charge in [0, 0.05) is 21.2 Å². The highest BCUT2D eigenvalue weighted by Gasteiger charge is 2.19. The third-order valence-corrected chi connectivity index (χ3v) is 5.97. The molecule has 2 heterocycles. The Hall–Kier alpha value is -3.48. The zero-order valence-electron chi connectivity index (χ0n) is 17.5. The first kappa shape index (κ1) is 21.4. The highest BCUT2D eigenvalue weighted by Crippen LogP contribution is 2.35.